The van der Waals surface area contributed by atoms with Crippen LogP contribution in [0.25, 0.3) is 0 Å². The van der Waals surface area contributed by atoms with E-state index in [-0.39, 0.29) is 0 Å². The van der Waals surface area contributed by atoms with E-state index in [1.54, 1.807) is 12.1 Å². The molecule has 2 aromatic rings. The predicted octanol–water partition coefficient (Wildman–Crippen LogP) is 4.79. The van der Waals surface area contributed by atoms with Crippen LogP contribution in [0.1, 0.15) is 41.3 Å². The number of carbonyl (C=O) groups is 1. The Hall–Kier alpha value is -2.50. The molecule has 2 N–H and O–H groups in total. The molecule has 0 saturated heterocycles. The highest BCUT2D eigenvalue weighted by Crippen LogP contribution is 2.32. The van der Waals surface area contributed by atoms with Crippen molar-refractivity contribution in [2.75, 3.05) is 5.32 Å². The van der Waals surface area contributed by atoms with Crippen molar-refractivity contribution in [2.24, 2.45) is 0 Å². The van der Waals surface area contributed by atoms with Crippen molar-refractivity contribution in [1.82, 2.24) is 0 Å². The van der Waals surface area contributed by atoms with Gasteiger partial charge in [0.15, 0.2) is 0 Å². The van der Waals surface area contributed by atoms with Crippen LogP contribution in [0.2, 0.25) is 0 Å². The maximum Gasteiger partial charge on any atom is 0.416 e. The Morgan fingerprint density at radius 3 is 2.22 bits per heavy atom. The molecule has 0 aliphatic carbocycles. The van der Waals surface area contributed by atoms with E-state index in [2.05, 4.69) is 5.32 Å². The Kier molecular flexibility index (Phi) is 4.63. The molecule has 0 saturated carbocycles. The molecule has 0 bridgehead atoms. The zero-order valence-corrected chi connectivity index (χ0v) is 12.6. The van der Waals surface area contributed by atoms with Crippen LogP contribution >= 0.6 is 0 Å². The number of alkyl halides is 3. The van der Waals surface area contributed by atoms with E-state index >= 15 is 0 Å². The van der Waals surface area contributed by atoms with E-state index in [1.165, 1.54) is 0 Å². The largest absolute Gasteiger partial charge is 0.507 e. The Morgan fingerprint density at radius 1 is 1.09 bits per heavy atom. The van der Waals surface area contributed by atoms with Crippen LogP contribution in [0, 0.1) is 0 Å². The molecule has 0 spiro atoms. The van der Waals surface area contributed by atoms with E-state index in [0.717, 1.165) is 17.7 Å². The maximum absolute atomic E-state index is 12.7. The molecule has 0 aliphatic rings. The van der Waals surface area contributed by atoms with E-state index in [1.807, 2.05) is 26.0 Å². The molecule has 0 aliphatic heterocycles. The number of carbonyl (C=O) groups excluding carboxylic acids is 1. The summed E-state index contributed by atoms with van der Waals surface area (Å²) in [7, 11) is 0. The van der Waals surface area contributed by atoms with Crippen LogP contribution in [0.4, 0.5) is 18.9 Å². The van der Waals surface area contributed by atoms with Gasteiger partial charge in [0.2, 0.25) is 0 Å². The van der Waals surface area contributed by atoms with Crippen LogP contribution in [0.3, 0.4) is 0 Å². The average Bonchev–Trinajstić information content (AvgIpc) is 2.46. The quantitative estimate of drug-likeness (QED) is 0.853. The van der Waals surface area contributed by atoms with Gasteiger partial charge in [-0.2, -0.15) is 13.2 Å². The lowest BCUT2D eigenvalue weighted by Gasteiger charge is -2.11. The standard InChI is InChI=1S/C17H16F3NO2/c1-10(2)11-3-6-13(7-4-11)21-16(23)14-9-12(17(18,19)20)5-8-15(14)22/h3-10,22H,1-2H3,(H,21,23). The van der Waals surface area contributed by atoms with Crippen LogP contribution in [-0.4, -0.2) is 11.0 Å². The Labute approximate surface area is 131 Å². The van der Waals surface area contributed by atoms with Gasteiger partial charge >= 0.3 is 6.18 Å². The first-order valence-corrected chi connectivity index (χ1v) is 7.00. The molecule has 0 radical (unpaired) electrons. The smallest absolute Gasteiger partial charge is 0.416 e. The second-order valence-electron chi connectivity index (χ2n) is 5.46. The Bertz CT molecular complexity index is 707. The van der Waals surface area contributed by atoms with Gasteiger partial charge in [0.05, 0.1) is 11.1 Å². The van der Waals surface area contributed by atoms with E-state index in [9.17, 15) is 23.1 Å². The van der Waals surface area contributed by atoms with Crippen molar-refractivity contribution in [2.45, 2.75) is 25.9 Å². The summed E-state index contributed by atoms with van der Waals surface area (Å²) < 4.78 is 38.1. The molecule has 6 heteroatoms. The first kappa shape index (κ1) is 16.9. The van der Waals surface area contributed by atoms with Crippen molar-refractivity contribution in [3.63, 3.8) is 0 Å². The fourth-order valence-electron chi connectivity index (χ4n) is 2.04. The third-order valence-corrected chi connectivity index (χ3v) is 3.40. The van der Waals surface area contributed by atoms with Gasteiger partial charge in [0.1, 0.15) is 5.75 Å². The lowest BCUT2D eigenvalue weighted by Crippen LogP contribution is -2.14. The maximum atomic E-state index is 12.7. The number of hydrogen-bond acceptors (Lipinski definition) is 2. The van der Waals surface area contributed by atoms with E-state index in [0.29, 0.717) is 17.7 Å². The zero-order valence-electron chi connectivity index (χ0n) is 12.6. The molecular formula is C17H16F3NO2. The normalized spacial score (nSPS) is 11.6. The third-order valence-electron chi connectivity index (χ3n) is 3.40. The molecule has 1 amide bonds. The summed E-state index contributed by atoms with van der Waals surface area (Å²) in [5, 5.41) is 12.1. The van der Waals surface area contributed by atoms with E-state index < -0.39 is 29.0 Å². The minimum Gasteiger partial charge on any atom is -0.507 e. The lowest BCUT2D eigenvalue weighted by molar-refractivity contribution is -0.137. The first-order chi connectivity index (χ1) is 10.7. The summed E-state index contributed by atoms with van der Waals surface area (Å²) >= 11 is 0. The number of anilines is 1. The summed E-state index contributed by atoms with van der Waals surface area (Å²) in [6, 6.07) is 9.20. The molecule has 2 aromatic carbocycles. The van der Waals surface area contributed by atoms with Gasteiger partial charge in [-0.3, -0.25) is 4.79 Å². The first-order valence-electron chi connectivity index (χ1n) is 7.00. The molecule has 0 fully saturated rings. The monoisotopic (exact) mass is 323 g/mol. The number of phenols is 1. The minimum atomic E-state index is -4.58. The van der Waals surface area contributed by atoms with Gasteiger partial charge in [-0.25, -0.2) is 0 Å². The van der Waals surface area contributed by atoms with E-state index in [4.69, 9.17) is 0 Å². The predicted molar refractivity (Wildman–Crippen MR) is 81.6 cm³/mol. The summed E-state index contributed by atoms with van der Waals surface area (Å²) in [6.45, 7) is 4.04. The molecule has 3 nitrogen and oxygen atoms in total. The fraction of sp³-hybridized carbons (Fsp3) is 0.235. The van der Waals surface area contributed by atoms with Crippen LogP contribution < -0.4 is 5.32 Å². The van der Waals surface area contributed by atoms with Crippen molar-refractivity contribution >= 4 is 11.6 Å². The molecule has 0 atom stereocenters. The highest BCUT2D eigenvalue weighted by Gasteiger charge is 2.31. The average molecular weight is 323 g/mol. The Morgan fingerprint density at radius 2 is 1.70 bits per heavy atom. The fourth-order valence-corrected chi connectivity index (χ4v) is 2.04. The van der Waals surface area contributed by atoms with Crippen molar-refractivity contribution in [3.05, 3.63) is 59.2 Å². The molecule has 2 rings (SSSR count). The number of amides is 1. The van der Waals surface area contributed by atoms with Crippen molar-refractivity contribution in [1.29, 1.82) is 0 Å². The molecule has 23 heavy (non-hydrogen) atoms. The molecular weight excluding hydrogens is 307 g/mol. The van der Waals surface area contributed by atoms with Gasteiger partial charge < -0.3 is 10.4 Å². The number of phenolic OH excluding ortho intramolecular Hbond substituents is 1. The summed E-state index contributed by atoms with van der Waals surface area (Å²) in [5.74, 6) is -0.979. The van der Waals surface area contributed by atoms with Crippen LogP contribution in [0.5, 0.6) is 5.75 Å². The lowest BCUT2D eigenvalue weighted by atomic mass is 10.0. The zero-order chi connectivity index (χ0) is 17.2. The molecule has 0 aromatic heterocycles. The van der Waals surface area contributed by atoms with Crippen molar-refractivity contribution < 1.29 is 23.1 Å². The highest BCUT2D eigenvalue weighted by atomic mass is 19.4. The van der Waals surface area contributed by atoms with Gasteiger partial charge in [-0.15, -0.1) is 0 Å². The number of benzene rings is 2. The topological polar surface area (TPSA) is 49.3 Å². The summed E-state index contributed by atoms with van der Waals surface area (Å²) in [5.41, 5.74) is 0.101. The van der Waals surface area contributed by atoms with Gasteiger partial charge in [-0.05, 0) is 41.8 Å². The number of halogens is 3. The Balaban J connectivity index is 2.23. The van der Waals surface area contributed by atoms with Crippen molar-refractivity contribution in [3.8, 4) is 5.75 Å². The number of rotatable bonds is 3. The molecule has 0 unspecified atom stereocenters. The second kappa shape index (κ2) is 6.32. The molecule has 0 heterocycles. The SMILES string of the molecule is CC(C)c1ccc(NC(=O)c2cc(C(F)(F)F)ccc2O)cc1. The third kappa shape index (κ3) is 4.03. The van der Waals surface area contributed by atoms with Gasteiger partial charge in [0, 0.05) is 5.69 Å². The molecule has 122 valence electrons. The van der Waals surface area contributed by atoms with Crippen LogP contribution in [-0.2, 0) is 6.18 Å². The number of nitrogens with one attached hydrogen (secondary N) is 1. The summed E-state index contributed by atoms with van der Waals surface area (Å²) in [4.78, 5) is 12.1. The highest BCUT2D eigenvalue weighted by molar-refractivity contribution is 6.06. The summed E-state index contributed by atoms with van der Waals surface area (Å²) in [6.07, 6.45) is -4.58. The van der Waals surface area contributed by atoms with Gasteiger partial charge in [-0.1, -0.05) is 26.0 Å². The number of aromatic hydroxyl groups is 1. The van der Waals surface area contributed by atoms with Gasteiger partial charge in [0.25, 0.3) is 5.91 Å². The second-order valence-corrected chi connectivity index (χ2v) is 5.46. The minimum absolute atomic E-state index is 0.326. The number of hydrogen-bond donors (Lipinski definition) is 2. The van der Waals surface area contributed by atoms with Crippen LogP contribution in [0.15, 0.2) is 42.5 Å².